The van der Waals surface area contributed by atoms with Crippen molar-refractivity contribution in [1.82, 2.24) is 9.62 Å². The van der Waals surface area contributed by atoms with Crippen LogP contribution in [-0.4, -0.2) is 54.8 Å². The van der Waals surface area contributed by atoms with Crippen molar-refractivity contribution in [2.45, 2.75) is 62.3 Å². The summed E-state index contributed by atoms with van der Waals surface area (Å²) in [6.07, 6.45) is 5.20. The molecule has 2 N–H and O–H groups in total. The van der Waals surface area contributed by atoms with E-state index >= 15 is 0 Å². The molecule has 3 aliphatic carbocycles. The monoisotopic (exact) mass is 328 g/mol. The van der Waals surface area contributed by atoms with Crippen molar-refractivity contribution in [3.63, 3.8) is 0 Å². The van der Waals surface area contributed by atoms with Gasteiger partial charge < -0.3 is 10.0 Å². The molecule has 4 fully saturated rings. The summed E-state index contributed by atoms with van der Waals surface area (Å²) in [6.45, 7) is 1.55. The van der Waals surface area contributed by atoms with Gasteiger partial charge in [0.25, 0.3) is 0 Å². The number of aliphatic hydroxyl groups excluding tert-OH is 1. The summed E-state index contributed by atoms with van der Waals surface area (Å²) in [4.78, 5) is 14.2. The Kier molecular flexibility index (Phi) is 3.33. The van der Waals surface area contributed by atoms with Crippen molar-refractivity contribution in [3.05, 3.63) is 0 Å². The lowest BCUT2D eigenvalue weighted by molar-refractivity contribution is -0.142. The number of hydrogen-bond acceptors (Lipinski definition) is 4. The molecule has 0 aromatic heterocycles. The molecule has 0 aromatic carbocycles. The SMILES string of the molecule is O=C(C1CC(O)C1)N1CCC2(CC(NS(=O)(=O)C3CC3)C2)C1. The Bertz CT molecular complexity index is 574. The highest BCUT2D eigenvalue weighted by Gasteiger charge is 2.52. The highest BCUT2D eigenvalue weighted by Crippen LogP contribution is 2.49. The average molecular weight is 328 g/mol. The quantitative estimate of drug-likeness (QED) is 0.773. The molecule has 0 bridgehead atoms. The van der Waals surface area contributed by atoms with Crippen LogP contribution in [-0.2, 0) is 14.8 Å². The van der Waals surface area contributed by atoms with E-state index in [2.05, 4.69) is 4.72 Å². The van der Waals surface area contributed by atoms with Gasteiger partial charge in [0.05, 0.1) is 11.4 Å². The molecular formula is C15H24N2O4S. The number of aliphatic hydroxyl groups is 1. The van der Waals surface area contributed by atoms with Crippen LogP contribution in [0, 0.1) is 11.3 Å². The summed E-state index contributed by atoms with van der Waals surface area (Å²) in [6, 6.07) is 0.0613. The van der Waals surface area contributed by atoms with E-state index < -0.39 is 10.0 Å². The minimum Gasteiger partial charge on any atom is -0.393 e. The van der Waals surface area contributed by atoms with Crippen LogP contribution in [0.5, 0.6) is 0 Å². The normalized spacial score (nSPS) is 41.3. The second-order valence-electron chi connectivity index (χ2n) is 7.80. The van der Waals surface area contributed by atoms with Gasteiger partial charge in [-0.1, -0.05) is 0 Å². The standard InChI is InChI=1S/C15H24N2O4S/c18-12-5-10(6-12)14(19)17-4-3-15(9-17)7-11(8-15)16-22(20,21)13-1-2-13/h10-13,16,18H,1-9H2. The number of amides is 1. The highest BCUT2D eigenvalue weighted by molar-refractivity contribution is 7.90. The molecule has 0 unspecified atom stereocenters. The fraction of sp³-hybridized carbons (Fsp3) is 0.933. The van der Waals surface area contributed by atoms with Crippen LogP contribution in [0.25, 0.3) is 0 Å². The fourth-order valence-electron chi connectivity index (χ4n) is 4.28. The molecule has 124 valence electrons. The lowest BCUT2D eigenvalue weighted by Crippen LogP contribution is -2.53. The predicted molar refractivity (Wildman–Crippen MR) is 80.5 cm³/mol. The number of carbonyl (C=O) groups excluding carboxylic acids is 1. The Hall–Kier alpha value is -0.660. The third-order valence-corrected chi connectivity index (χ3v) is 7.88. The van der Waals surface area contributed by atoms with E-state index in [1.54, 1.807) is 0 Å². The second-order valence-corrected chi connectivity index (χ2v) is 9.79. The molecule has 22 heavy (non-hydrogen) atoms. The van der Waals surface area contributed by atoms with E-state index in [0.29, 0.717) is 12.8 Å². The lowest BCUT2D eigenvalue weighted by atomic mass is 9.65. The first-order valence-electron chi connectivity index (χ1n) is 8.35. The van der Waals surface area contributed by atoms with E-state index in [4.69, 9.17) is 0 Å². The number of rotatable bonds is 4. The molecule has 1 aliphatic heterocycles. The second kappa shape index (κ2) is 4.92. The van der Waals surface area contributed by atoms with Crippen molar-refractivity contribution in [2.24, 2.45) is 11.3 Å². The van der Waals surface area contributed by atoms with Gasteiger partial charge in [-0.2, -0.15) is 0 Å². The van der Waals surface area contributed by atoms with Crippen molar-refractivity contribution in [3.8, 4) is 0 Å². The van der Waals surface area contributed by atoms with E-state index in [1.807, 2.05) is 4.90 Å². The van der Waals surface area contributed by atoms with E-state index in [-0.39, 0.29) is 34.6 Å². The fourth-order valence-corrected chi connectivity index (χ4v) is 5.86. The zero-order chi connectivity index (χ0) is 15.5. The maximum Gasteiger partial charge on any atom is 0.225 e. The van der Waals surface area contributed by atoms with Crippen molar-refractivity contribution < 1.29 is 18.3 Å². The molecular weight excluding hydrogens is 304 g/mol. The lowest BCUT2D eigenvalue weighted by Gasteiger charge is -2.45. The van der Waals surface area contributed by atoms with Crippen LogP contribution in [0.3, 0.4) is 0 Å². The number of likely N-dealkylation sites (tertiary alicyclic amines) is 1. The highest BCUT2D eigenvalue weighted by atomic mass is 32.2. The Labute approximate surface area is 131 Å². The first-order valence-corrected chi connectivity index (χ1v) is 9.90. The molecule has 1 heterocycles. The van der Waals surface area contributed by atoms with Crippen LogP contribution in [0.4, 0.5) is 0 Å². The van der Waals surface area contributed by atoms with Crippen LogP contribution < -0.4 is 4.72 Å². The van der Waals surface area contributed by atoms with Gasteiger partial charge in [0, 0.05) is 25.0 Å². The zero-order valence-electron chi connectivity index (χ0n) is 12.7. The smallest absolute Gasteiger partial charge is 0.225 e. The van der Waals surface area contributed by atoms with E-state index in [9.17, 15) is 18.3 Å². The van der Waals surface area contributed by atoms with Crippen molar-refractivity contribution in [2.75, 3.05) is 13.1 Å². The molecule has 1 saturated heterocycles. The third-order valence-electron chi connectivity index (χ3n) is 5.87. The van der Waals surface area contributed by atoms with Crippen LogP contribution in [0.1, 0.15) is 44.9 Å². The van der Waals surface area contributed by atoms with Gasteiger partial charge in [-0.3, -0.25) is 4.79 Å². The Balaban J connectivity index is 1.28. The Morgan fingerprint density at radius 1 is 1.23 bits per heavy atom. The van der Waals surface area contributed by atoms with Gasteiger partial charge in [-0.15, -0.1) is 0 Å². The Morgan fingerprint density at radius 3 is 2.50 bits per heavy atom. The van der Waals surface area contributed by atoms with E-state index in [1.165, 1.54) is 0 Å². The van der Waals surface area contributed by atoms with Crippen LogP contribution in [0.2, 0.25) is 0 Å². The van der Waals surface area contributed by atoms with Crippen molar-refractivity contribution >= 4 is 15.9 Å². The van der Waals surface area contributed by atoms with Gasteiger partial charge >= 0.3 is 0 Å². The maximum atomic E-state index is 12.3. The molecule has 0 radical (unpaired) electrons. The van der Waals surface area contributed by atoms with Crippen LogP contribution in [0.15, 0.2) is 0 Å². The number of hydrogen-bond donors (Lipinski definition) is 2. The molecule has 3 saturated carbocycles. The molecule has 0 aromatic rings. The van der Waals surface area contributed by atoms with Gasteiger partial charge in [-0.25, -0.2) is 13.1 Å². The van der Waals surface area contributed by atoms with Gasteiger partial charge in [0.1, 0.15) is 0 Å². The summed E-state index contributed by atoms with van der Waals surface area (Å²) in [7, 11) is -3.10. The predicted octanol–water partition coefficient (Wildman–Crippen LogP) is 0.220. The Morgan fingerprint density at radius 2 is 1.91 bits per heavy atom. The minimum absolute atomic E-state index is 0.00870. The van der Waals surface area contributed by atoms with Crippen molar-refractivity contribution in [1.29, 1.82) is 0 Å². The summed E-state index contributed by atoms with van der Waals surface area (Å²) in [5.74, 6) is 0.193. The molecule has 1 spiro atoms. The summed E-state index contributed by atoms with van der Waals surface area (Å²) < 4.78 is 26.7. The van der Waals surface area contributed by atoms with E-state index in [0.717, 1.165) is 45.2 Å². The summed E-state index contributed by atoms with van der Waals surface area (Å²) >= 11 is 0. The first-order chi connectivity index (χ1) is 10.4. The molecule has 4 rings (SSSR count). The molecule has 6 nitrogen and oxygen atoms in total. The largest absolute Gasteiger partial charge is 0.393 e. The average Bonchev–Trinajstić information content (AvgIpc) is 3.15. The van der Waals surface area contributed by atoms with Gasteiger partial charge in [0.2, 0.25) is 15.9 Å². The molecule has 1 amide bonds. The zero-order valence-corrected chi connectivity index (χ0v) is 13.5. The summed E-state index contributed by atoms with van der Waals surface area (Å²) in [5, 5.41) is 9.17. The number of nitrogens with zero attached hydrogens (tertiary/aromatic N) is 1. The number of sulfonamides is 1. The number of carbonyl (C=O) groups is 1. The minimum atomic E-state index is -3.10. The van der Waals surface area contributed by atoms with Gasteiger partial charge in [0.15, 0.2) is 0 Å². The molecule has 0 atom stereocenters. The number of nitrogens with one attached hydrogen (secondary N) is 1. The maximum absolute atomic E-state index is 12.3. The topological polar surface area (TPSA) is 86.7 Å². The molecule has 7 heteroatoms. The third kappa shape index (κ3) is 2.57. The summed E-state index contributed by atoms with van der Waals surface area (Å²) in [5.41, 5.74) is 0.134. The first kappa shape index (κ1) is 14.9. The van der Waals surface area contributed by atoms with Gasteiger partial charge in [-0.05, 0) is 50.4 Å². The molecule has 4 aliphatic rings. The van der Waals surface area contributed by atoms with Crippen LogP contribution >= 0.6 is 0 Å².